The smallest absolute Gasteiger partial charge is 0.129 e. The average Bonchev–Trinajstić information content (AvgIpc) is 2.29. The van der Waals surface area contributed by atoms with Gasteiger partial charge in [0.2, 0.25) is 0 Å². The van der Waals surface area contributed by atoms with Crippen molar-refractivity contribution in [1.82, 2.24) is 4.98 Å². The average molecular weight is 315 g/mol. The minimum Gasteiger partial charge on any atom is -0.388 e. The highest BCUT2D eigenvalue weighted by molar-refractivity contribution is 9.10. The Kier molecular flexibility index (Phi) is 4.02. The summed E-state index contributed by atoms with van der Waals surface area (Å²) in [6.07, 6.45) is 2.96. The molecule has 0 bridgehead atoms. The quantitative estimate of drug-likeness (QED) is 0.847. The van der Waals surface area contributed by atoms with Gasteiger partial charge >= 0.3 is 0 Å². The van der Waals surface area contributed by atoms with Crippen LogP contribution in [0.3, 0.4) is 0 Å². The largest absolute Gasteiger partial charge is 0.388 e. The normalized spacial score (nSPS) is 12.9. The van der Waals surface area contributed by atoms with Crippen molar-refractivity contribution in [1.29, 1.82) is 0 Å². The maximum atomic E-state index is 10.1. The van der Waals surface area contributed by atoms with Crippen LogP contribution in [0.25, 0.3) is 10.8 Å². The third-order valence-corrected chi connectivity index (χ3v) is 3.67. The van der Waals surface area contributed by atoms with Crippen LogP contribution in [0.1, 0.15) is 31.4 Å². The van der Waals surface area contributed by atoms with Gasteiger partial charge in [0.05, 0.1) is 6.10 Å². The van der Waals surface area contributed by atoms with Gasteiger partial charge in [0.15, 0.2) is 0 Å². The van der Waals surface area contributed by atoms with Crippen LogP contribution < -0.4 is 0 Å². The van der Waals surface area contributed by atoms with E-state index in [9.17, 15) is 5.11 Å². The molecule has 0 spiro atoms. The van der Waals surface area contributed by atoms with Crippen LogP contribution in [-0.4, -0.2) is 10.1 Å². The van der Waals surface area contributed by atoms with Gasteiger partial charge in [0.25, 0.3) is 0 Å². The highest BCUT2D eigenvalue weighted by atomic mass is 79.9. The summed E-state index contributed by atoms with van der Waals surface area (Å²) in [5.41, 5.74) is 0.911. The molecule has 1 atom stereocenters. The van der Waals surface area contributed by atoms with Gasteiger partial charge in [-0.25, -0.2) is 4.98 Å². The number of aromatic nitrogens is 1. The lowest BCUT2D eigenvalue weighted by Gasteiger charge is -2.13. The van der Waals surface area contributed by atoms with Crippen molar-refractivity contribution < 1.29 is 5.11 Å². The second-order valence-corrected chi connectivity index (χ2v) is 5.24. The number of halogens is 2. The van der Waals surface area contributed by atoms with Crippen LogP contribution >= 0.6 is 27.5 Å². The Labute approximate surface area is 114 Å². The summed E-state index contributed by atoms with van der Waals surface area (Å²) in [5, 5.41) is 12.5. The number of aliphatic hydroxyl groups excluding tert-OH is 1. The first-order valence-electron chi connectivity index (χ1n) is 5.55. The number of nitrogens with zero attached hydrogens (tertiary/aromatic N) is 1. The van der Waals surface area contributed by atoms with Crippen molar-refractivity contribution in [3.8, 4) is 0 Å². The number of benzene rings is 1. The molecule has 0 aliphatic rings. The highest BCUT2D eigenvalue weighted by Crippen LogP contribution is 2.32. The van der Waals surface area contributed by atoms with E-state index in [4.69, 9.17) is 11.6 Å². The summed E-state index contributed by atoms with van der Waals surface area (Å²) in [6.45, 7) is 2.05. The van der Waals surface area contributed by atoms with Crippen LogP contribution in [0.2, 0.25) is 5.15 Å². The molecule has 0 fully saturated rings. The summed E-state index contributed by atoms with van der Waals surface area (Å²) < 4.78 is 0.962. The Morgan fingerprint density at radius 2 is 2.18 bits per heavy atom. The van der Waals surface area contributed by atoms with Gasteiger partial charge < -0.3 is 5.11 Å². The zero-order valence-electron chi connectivity index (χ0n) is 9.45. The summed E-state index contributed by atoms with van der Waals surface area (Å²) in [6, 6.07) is 5.67. The molecule has 1 N–H and O–H groups in total. The molecule has 2 aromatic rings. The standard InChI is InChI=1S/C13H13BrClNO/c1-2-3-12(17)8-4-5-11(14)10-7-16-13(15)6-9(8)10/h4-7,12,17H,2-3H2,1H3. The van der Waals surface area contributed by atoms with Gasteiger partial charge in [-0.3, -0.25) is 0 Å². The molecule has 4 heteroatoms. The molecule has 0 saturated heterocycles. The van der Waals surface area contributed by atoms with Crippen LogP contribution in [0, 0.1) is 0 Å². The molecule has 0 amide bonds. The first kappa shape index (κ1) is 12.8. The molecule has 1 heterocycles. The van der Waals surface area contributed by atoms with E-state index in [1.807, 2.05) is 12.1 Å². The number of fused-ring (bicyclic) bond motifs is 1. The SMILES string of the molecule is CCCC(O)c1ccc(Br)c2cnc(Cl)cc12. The van der Waals surface area contributed by atoms with Crippen molar-refractivity contribution in [2.24, 2.45) is 0 Å². The molecular weight excluding hydrogens is 302 g/mol. The number of pyridine rings is 1. The molecule has 1 aromatic heterocycles. The Hall–Kier alpha value is -0.640. The van der Waals surface area contributed by atoms with E-state index in [0.29, 0.717) is 5.15 Å². The van der Waals surface area contributed by atoms with E-state index < -0.39 is 6.10 Å². The van der Waals surface area contributed by atoms with Crippen molar-refractivity contribution in [2.45, 2.75) is 25.9 Å². The molecule has 90 valence electrons. The van der Waals surface area contributed by atoms with Gasteiger partial charge in [0.1, 0.15) is 5.15 Å². The van der Waals surface area contributed by atoms with Crippen LogP contribution in [0.5, 0.6) is 0 Å². The minimum absolute atomic E-state index is 0.445. The van der Waals surface area contributed by atoms with Crippen LogP contribution in [0.4, 0.5) is 0 Å². The number of rotatable bonds is 3. The van der Waals surface area contributed by atoms with E-state index in [-0.39, 0.29) is 0 Å². The fourth-order valence-corrected chi connectivity index (χ4v) is 2.53. The maximum Gasteiger partial charge on any atom is 0.129 e. The van der Waals surface area contributed by atoms with E-state index in [0.717, 1.165) is 33.7 Å². The van der Waals surface area contributed by atoms with E-state index >= 15 is 0 Å². The van der Waals surface area contributed by atoms with Crippen molar-refractivity contribution in [3.05, 3.63) is 39.6 Å². The Balaban J connectivity index is 2.63. The van der Waals surface area contributed by atoms with Crippen LogP contribution in [0.15, 0.2) is 28.9 Å². The molecule has 2 rings (SSSR count). The monoisotopic (exact) mass is 313 g/mol. The fraction of sp³-hybridized carbons (Fsp3) is 0.308. The lowest BCUT2D eigenvalue weighted by atomic mass is 9.99. The minimum atomic E-state index is -0.450. The zero-order valence-corrected chi connectivity index (χ0v) is 11.8. The Morgan fingerprint density at radius 1 is 1.41 bits per heavy atom. The molecular formula is C13H13BrClNO. The van der Waals surface area contributed by atoms with E-state index in [1.165, 1.54) is 0 Å². The van der Waals surface area contributed by atoms with Crippen molar-refractivity contribution in [2.75, 3.05) is 0 Å². The molecule has 17 heavy (non-hydrogen) atoms. The molecule has 0 radical (unpaired) electrons. The highest BCUT2D eigenvalue weighted by Gasteiger charge is 2.12. The predicted octanol–water partition coefficient (Wildman–Crippen LogP) is 4.48. The first-order valence-corrected chi connectivity index (χ1v) is 6.72. The first-order chi connectivity index (χ1) is 8.13. The number of hydrogen-bond acceptors (Lipinski definition) is 2. The molecule has 0 aliphatic heterocycles. The van der Waals surface area contributed by atoms with Gasteiger partial charge in [-0.1, -0.05) is 46.9 Å². The molecule has 1 unspecified atom stereocenters. The third kappa shape index (κ3) is 2.62. The summed E-state index contributed by atoms with van der Waals surface area (Å²) in [4.78, 5) is 4.07. The van der Waals surface area contributed by atoms with Gasteiger partial charge in [0, 0.05) is 16.1 Å². The Morgan fingerprint density at radius 3 is 2.88 bits per heavy atom. The number of aliphatic hydroxyl groups is 1. The summed E-state index contributed by atoms with van der Waals surface area (Å²) >= 11 is 9.40. The third-order valence-electron chi connectivity index (χ3n) is 2.77. The summed E-state index contributed by atoms with van der Waals surface area (Å²) in [5.74, 6) is 0. The van der Waals surface area contributed by atoms with Gasteiger partial charge in [-0.2, -0.15) is 0 Å². The molecule has 2 nitrogen and oxygen atoms in total. The Bertz CT molecular complexity index is 544. The predicted molar refractivity (Wildman–Crippen MR) is 74.3 cm³/mol. The van der Waals surface area contributed by atoms with Crippen LogP contribution in [-0.2, 0) is 0 Å². The fourth-order valence-electron chi connectivity index (χ4n) is 1.92. The van der Waals surface area contributed by atoms with E-state index in [1.54, 1.807) is 12.3 Å². The zero-order chi connectivity index (χ0) is 12.4. The molecule has 0 aliphatic carbocycles. The topological polar surface area (TPSA) is 33.1 Å². The van der Waals surface area contributed by atoms with Gasteiger partial charge in [-0.15, -0.1) is 0 Å². The molecule has 0 saturated carbocycles. The van der Waals surface area contributed by atoms with Crippen molar-refractivity contribution in [3.63, 3.8) is 0 Å². The lowest BCUT2D eigenvalue weighted by Crippen LogP contribution is -1.98. The van der Waals surface area contributed by atoms with Gasteiger partial charge in [-0.05, 0) is 29.5 Å². The summed E-state index contributed by atoms with van der Waals surface area (Å²) in [7, 11) is 0. The second kappa shape index (κ2) is 5.34. The molecule has 1 aromatic carbocycles. The van der Waals surface area contributed by atoms with Crippen molar-refractivity contribution >= 4 is 38.3 Å². The van der Waals surface area contributed by atoms with E-state index in [2.05, 4.69) is 27.8 Å². The lowest BCUT2D eigenvalue weighted by molar-refractivity contribution is 0.168. The second-order valence-electron chi connectivity index (χ2n) is 3.99. The maximum absolute atomic E-state index is 10.1. The number of hydrogen-bond donors (Lipinski definition) is 1.